The van der Waals surface area contributed by atoms with Gasteiger partial charge in [0.15, 0.2) is 12.4 Å². The van der Waals surface area contributed by atoms with E-state index in [0.29, 0.717) is 35.5 Å². The molecule has 5 heterocycles. The van der Waals surface area contributed by atoms with Crippen LogP contribution in [0.5, 0.6) is 5.75 Å². The van der Waals surface area contributed by atoms with E-state index in [0.717, 1.165) is 51.5 Å². The van der Waals surface area contributed by atoms with Crippen molar-refractivity contribution in [3.63, 3.8) is 0 Å². The molecule has 3 aromatic rings. The predicted octanol–water partition coefficient (Wildman–Crippen LogP) is 2.37. The van der Waals surface area contributed by atoms with Crippen molar-refractivity contribution in [2.45, 2.75) is 19.3 Å². The van der Waals surface area contributed by atoms with Crippen molar-refractivity contribution in [2.75, 3.05) is 11.4 Å². The molecule has 194 valence electrons. The zero-order valence-corrected chi connectivity index (χ0v) is 21.3. The number of hydrogen-bond acceptors (Lipinski definition) is 5. The second kappa shape index (κ2) is 8.16. The minimum Gasteiger partial charge on any atom is -0.545 e. The summed E-state index contributed by atoms with van der Waals surface area (Å²) in [5, 5.41) is 24.2. The third kappa shape index (κ3) is 3.09. The molecule has 40 heavy (non-hydrogen) atoms. The van der Waals surface area contributed by atoms with Gasteiger partial charge in [-0.1, -0.05) is 24.3 Å². The highest BCUT2D eigenvalue weighted by molar-refractivity contribution is 6.05. The number of carbonyl (C=O) groups is 2. The summed E-state index contributed by atoms with van der Waals surface area (Å²) < 4.78 is 8.98. The van der Waals surface area contributed by atoms with Crippen molar-refractivity contribution < 1.29 is 29.1 Å². The average molecular weight is 527 g/mol. The van der Waals surface area contributed by atoms with Crippen LogP contribution < -0.4 is 29.9 Å². The van der Waals surface area contributed by atoms with E-state index in [1.807, 2.05) is 18.3 Å². The SMILES string of the molecule is O=C([O-])c1ccc(C(=O)O)c(C2=C3CC4=c5c(ccc[n+]5C=CC4)=C3Oc3c2cc2c4c3CC=CN4CC=C2)c1. The molecule has 7 nitrogen and oxygen atoms in total. The summed E-state index contributed by atoms with van der Waals surface area (Å²) >= 11 is 0. The maximum absolute atomic E-state index is 12.5. The summed E-state index contributed by atoms with van der Waals surface area (Å²) in [5.74, 6) is -1.11. The topological polar surface area (TPSA) is 93.8 Å². The number of pyridine rings is 1. The van der Waals surface area contributed by atoms with Crippen molar-refractivity contribution in [2.24, 2.45) is 0 Å². The van der Waals surface area contributed by atoms with Gasteiger partial charge in [0.1, 0.15) is 11.5 Å². The highest BCUT2D eigenvalue weighted by Crippen LogP contribution is 2.51. The van der Waals surface area contributed by atoms with Crippen LogP contribution in [-0.4, -0.2) is 23.6 Å². The molecular weight excluding hydrogens is 504 g/mol. The van der Waals surface area contributed by atoms with Crippen molar-refractivity contribution in [1.82, 2.24) is 0 Å². The van der Waals surface area contributed by atoms with E-state index in [1.54, 1.807) is 0 Å². The fourth-order valence-corrected chi connectivity index (χ4v) is 6.69. The van der Waals surface area contributed by atoms with Crippen molar-refractivity contribution >= 4 is 46.8 Å². The Morgan fingerprint density at radius 3 is 2.80 bits per heavy atom. The fraction of sp³-hybridized carbons (Fsp3) is 0.121. The van der Waals surface area contributed by atoms with Crippen LogP contribution in [0.3, 0.4) is 0 Å². The van der Waals surface area contributed by atoms with Gasteiger partial charge in [-0.25, -0.2) is 4.79 Å². The van der Waals surface area contributed by atoms with E-state index in [9.17, 15) is 19.8 Å². The van der Waals surface area contributed by atoms with Crippen LogP contribution in [0.15, 0.2) is 72.6 Å². The van der Waals surface area contributed by atoms with Gasteiger partial charge < -0.3 is 24.6 Å². The Hall–Kier alpha value is -5.17. The molecule has 8 rings (SSSR count). The van der Waals surface area contributed by atoms with Gasteiger partial charge in [0.2, 0.25) is 5.35 Å². The lowest BCUT2D eigenvalue weighted by Gasteiger charge is -2.36. The van der Waals surface area contributed by atoms with E-state index < -0.39 is 11.9 Å². The number of rotatable bonds is 3. The monoisotopic (exact) mass is 526 g/mol. The fourth-order valence-electron chi connectivity index (χ4n) is 6.69. The minimum atomic E-state index is -1.36. The number of hydrogen-bond donors (Lipinski definition) is 1. The predicted molar refractivity (Wildman–Crippen MR) is 147 cm³/mol. The average Bonchev–Trinajstić information content (AvgIpc) is 2.96. The third-order valence-electron chi connectivity index (χ3n) is 8.30. The summed E-state index contributed by atoms with van der Waals surface area (Å²) in [7, 11) is 0. The van der Waals surface area contributed by atoms with E-state index in [4.69, 9.17) is 4.74 Å². The highest BCUT2D eigenvalue weighted by Gasteiger charge is 2.37. The standard InChI is InChI=1S/C33H22N2O5/c36-32(37)20-9-10-21(33(38)39)24(17-20)27-25-15-18-5-1-11-34-13-3-7-22(28(18)34)30(25)40-31-23-8-4-14-35-12-2-6-19(29(23)35)16-26(27)31/h1-5,8-10,12-15,17H,6-7,11,16H2,(H-,36,37,38,39). The van der Waals surface area contributed by atoms with Crippen LogP contribution >= 0.6 is 0 Å². The van der Waals surface area contributed by atoms with Crippen molar-refractivity contribution in [3.8, 4) is 5.75 Å². The first kappa shape index (κ1) is 22.8. The molecule has 0 fully saturated rings. The van der Waals surface area contributed by atoms with E-state index in [2.05, 4.69) is 52.2 Å². The molecule has 1 N–H and O–H groups in total. The largest absolute Gasteiger partial charge is 0.545 e. The molecule has 1 aromatic heterocycles. The van der Waals surface area contributed by atoms with Gasteiger partial charge in [0, 0.05) is 53.1 Å². The Balaban J connectivity index is 1.54. The molecule has 0 bridgehead atoms. The molecule has 0 radical (unpaired) electrons. The molecule has 4 aliphatic heterocycles. The molecule has 1 aliphatic carbocycles. The van der Waals surface area contributed by atoms with Gasteiger partial charge >= 0.3 is 5.97 Å². The number of carboxylic acid groups (broad SMARTS) is 2. The van der Waals surface area contributed by atoms with E-state index in [1.165, 1.54) is 23.8 Å². The third-order valence-corrected chi connectivity index (χ3v) is 8.30. The Labute approximate surface area is 228 Å². The van der Waals surface area contributed by atoms with Crippen LogP contribution in [0.1, 0.15) is 55.8 Å². The number of anilines is 1. The second-order valence-corrected chi connectivity index (χ2v) is 10.5. The number of benzene rings is 2. The second-order valence-electron chi connectivity index (χ2n) is 10.5. The first-order chi connectivity index (χ1) is 19.5. The maximum atomic E-state index is 12.5. The van der Waals surface area contributed by atoms with Crippen LogP contribution in [-0.2, 0) is 6.42 Å². The molecular formula is C33H22N2O5. The number of nitrogens with zero attached hydrogens (tertiary/aromatic N) is 2. The molecule has 2 aromatic carbocycles. The maximum Gasteiger partial charge on any atom is 0.336 e. The molecule has 0 saturated carbocycles. The van der Waals surface area contributed by atoms with Gasteiger partial charge in [-0.05, 0) is 59.9 Å². The minimum absolute atomic E-state index is 0.0330. The number of allylic oxidation sites excluding steroid dienone is 2. The molecule has 0 atom stereocenters. The Morgan fingerprint density at radius 2 is 1.95 bits per heavy atom. The summed E-state index contributed by atoms with van der Waals surface area (Å²) in [5.41, 5.74) is 6.96. The van der Waals surface area contributed by atoms with Gasteiger partial charge in [-0.2, -0.15) is 4.57 Å². The number of aromatic carboxylic acids is 2. The van der Waals surface area contributed by atoms with Crippen LogP contribution in [0.4, 0.5) is 5.69 Å². The lowest BCUT2D eigenvalue weighted by molar-refractivity contribution is -0.585. The number of aromatic nitrogens is 1. The van der Waals surface area contributed by atoms with Crippen LogP contribution in [0.2, 0.25) is 0 Å². The summed E-state index contributed by atoms with van der Waals surface area (Å²) in [6.45, 7) is 0.754. The van der Waals surface area contributed by atoms with Crippen LogP contribution in [0.25, 0.3) is 29.2 Å². The number of carbonyl (C=O) groups excluding carboxylic acids is 1. The van der Waals surface area contributed by atoms with E-state index >= 15 is 0 Å². The zero-order valence-electron chi connectivity index (χ0n) is 21.3. The molecule has 0 unspecified atom stereocenters. The summed E-state index contributed by atoms with van der Waals surface area (Å²) in [6, 6.07) is 10.2. The molecule has 5 aliphatic rings. The molecule has 7 heteroatoms. The number of fused-ring (bicyclic) bond motifs is 3. The lowest BCUT2D eigenvalue weighted by atomic mass is 9.79. The van der Waals surface area contributed by atoms with Crippen LogP contribution in [0, 0.1) is 0 Å². The van der Waals surface area contributed by atoms with Gasteiger partial charge in [-0.3, -0.25) is 0 Å². The van der Waals surface area contributed by atoms with Crippen molar-refractivity contribution in [1.29, 1.82) is 0 Å². The first-order valence-corrected chi connectivity index (χ1v) is 13.2. The molecule has 0 amide bonds. The Morgan fingerprint density at radius 1 is 1.05 bits per heavy atom. The Bertz CT molecular complexity index is 1990. The van der Waals surface area contributed by atoms with Gasteiger partial charge in [-0.15, -0.1) is 0 Å². The normalized spacial score (nSPS) is 17.1. The Kier molecular flexibility index (Phi) is 4.65. The lowest BCUT2D eigenvalue weighted by Crippen LogP contribution is -2.57. The summed E-state index contributed by atoms with van der Waals surface area (Å²) in [4.78, 5) is 26.7. The summed E-state index contributed by atoms with van der Waals surface area (Å²) in [6.07, 6.45) is 16.5. The van der Waals surface area contributed by atoms with E-state index in [-0.39, 0.29) is 11.1 Å². The highest BCUT2D eigenvalue weighted by atomic mass is 16.5. The quantitative estimate of drug-likeness (QED) is 0.527. The number of carboxylic acids is 2. The number of ether oxygens (including phenoxy) is 1. The first-order valence-electron chi connectivity index (χ1n) is 13.2. The van der Waals surface area contributed by atoms with Gasteiger partial charge in [0.05, 0.1) is 22.4 Å². The van der Waals surface area contributed by atoms with Crippen molar-refractivity contribution in [3.05, 3.63) is 117 Å². The zero-order chi connectivity index (χ0) is 27.1. The molecule has 0 spiro atoms. The smallest absolute Gasteiger partial charge is 0.336 e. The molecule has 0 saturated heterocycles. The van der Waals surface area contributed by atoms with Gasteiger partial charge in [0.25, 0.3) is 0 Å².